The maximum Gasteiger partial charge on any atom is 0.261 e. The molecular weight excluding hydrogens is 384 g/mol. The van der Waals surface area contributed by atoms with Gasteiger partial charge in [0.2, 0.25) is 0 Å². The average Bonchev–Trinajstić information content (AvgIpc) is 2.76. The molecule has 0 bridgehead atoms. The van der Waals surface area contributed by atoms with E-state index < -0.39 is 8.32 Å². The summed E-state index contributed by atoms with van der Waals surface area (Å²) in [6, 6.07) is 31.4. The zero-order valence-corrected chi connectivity index (χ0v) is 19.4. The Morgan fingerprint density at radius 1 is 0.800 bits per heavy atom. The molecule has 0 radical (unpaired) electrons. The molecule has 0 N–H and O–H groups in total. The zero-order valence-electron chi connectivity index (χ0n) is 18.4. The van der Waals surface area contributed by atoms with Crippen LogP contribution in [0.25, 0.3) is 0 Å². The molecule has 2 atom stereocenters. The molecule has 0 saturated carbocycles. The van der Waals surface area contributed by atoms with Crippen LogP contribution < -0.4 is 10.4 Å². The third-order valence-electron chi connectivity index (χ3n) is 5.87. The first kappa shape index (κ1) is 22.2. The molecule has 156 valence electrons. The quantitative estimate of drug-likeness (QED) is 0.381. The van der Waals surface area contributed by atoms with E-state index >= 15 is 0 Å². The monoisotopic (exact) mass is 416 g/mol. The van der Waals surface area contributed by atoms with Gasteiger partial charge >= 0.3 is 0 Å². The summed E-state index contributed by atoms with van der Waals surface area (Å²) in [6.45, 7) is 8.85. The smallest absolute Gasteiger partial charge is 0.261 e. The van der Waals surface area contributed by atoms with Crippen molar-refractivity contribution < 1.29 is 9.22 Å². The van der Waals surface area contributed by atoms with Gasteiger partial charge in [0.05, 0.1) is 6.10 Å². The summed E-state index contributed by atoms with van der Waals surface area (Å²) >= 11 is 0. The number of aldehydes is 1. The maximum absolute atomic E-state index is 12.1. The first-order valence-corrected chi connectivity index (χ1v) is 12.6. The molecule has 0 aliphatic rings. The standard InChI is InChI=1S/C27H32O2Si/c1-22(24(21-28)20-23-14-8-5-9-15-23)29-30(27(2,3)4,25-16-10-6-11-17-25)26-18-12-7-13-19-26/h5-19,21-22,24H,20H2,1-4H3/t22-,24-/m1/s1. The van der Waals surface area contributed by atoms with Gasteiger partial charge in [0.25, 0.3) is 8.32 Å². The van der Waals surface area contributed by atoms with Gasteiger partial charge in [0.15, 0.2) is 0 Å². The summed E-state index contributed by atoms with van der Waals surface area (Å²) in [7, 11) is -2.67. The van der Waals surface area contributed by atoms with Crippen molar-refractivity contribution >= 4 is 25.0 Å². The Labute approximate surface area is 182 Å². The summed E-state index contributed by atoms with van der Waals surface area (Å²) in [4.78, 5) is 12.1. The van der Waals surface area contributed by atoms with Crippen molar-refractivity contribution in [3.63, 3.8) is 0 Å². The number of hydrogen-bond acceptors (Lipinski definition) is 2. The molecule has 0 spiro atoms. The average molecular weight is 417 g/mol. The van der Waals surface area contributed by atoms with Crippen LogP contribution in [-0.2, 0) is 15.6 Å². The molecule has 0 fully saturated rings. The molecular formula is C27H32O2Si. The van der Waals surface area contributed by atoms with E-state index in [4.69, 9.17) is 4.43 Å². The lowest BCUT2D eigenvalue weighted by molar-refractivity contribution is -0.113. The normalized spacial score (nSPS) is 14.1. The van der Waals surface area contributed by atoms with E-state index in [0.717, 1.165) is 11.8 Å². The van der Waals surface area contributed by atoms with Crippen molar-refractivity contribution in [1.29, 1.82) is 0 Å². The molecule has 0 unspecified atom stereocenters. The van der Waals surface area contributed by atoms with E-state index in [2.05, 4.69) is 88.4 Å². The first-order chi connectivity index (χ1) is 14.4. The zero-order chi connectivity index (χ0) is 21.6. The molecule has 0 saturated heterocycles. The van der Waals surface area contributed by atoms with E-state index in [1.165, 1.54) is 10.4 Å². The van der Waals surface area contributed by atoms with Crippen molar-refractivity contribution in [3.8, 4) is 0 Å². The van der Waals surface area contributed by atoms with E-state index in [1.54, 1.807) is 0 Å². The van der Waals surface area contributed by atoms with Crippen LogP contribution >= 0.6 is 0 Å². The summed E-state index contributed by atoms with van der Waals surface area (Å²) in [5, 5.41) is 2.37. The fraction of sp³-hybridized carbons (Fsp3) is 0.296. The van der Waals surface area contributed by atoms with E-state index in [0.29, 0.717) is 6.42 Å². The van der Waals surface area contributed by atoms with Gasteiger partial charge in [-0.15, -0.1) is 0 Å². The Bertz CT molecular complexity index is 878. The lowest BCUT2D eigenvalue weighted by atomic mass is 9.96. The van der Waals surface area contributed by atoms with Crippen molar-refractivity contribution in [1.82, 2.24) is 0 Å². The molecule has 3 aromatic carbocycles. The minimum atomic E-state index is -2.67. The molecule has 0 aromatic heterocycles. The van der Waals surface area contributed by atoms with Gasteiger partial charge in [0, 0.05) is 5.92 Å². The second-order valence-corrected chi connectivity index (χ2v) is 13.2. The molecule has 3 heteroatoms. The summed E-state index contributed by atoms with van der Waals surface area (Å²) in [6.07, 6.45) is 1.55. The lowest BCUT2D eigenvalue weighted by Crippen LogP contribution is -2.68. The van der Waals surface area contributed by atoms with E-state index in [9.17, 15) is 4.79 Å². The highest BCUT2D eigenvalue weighted by Gasteiger charge is 2.51. The Kier molecular flexibility index (Phi) is 7.06. The Hall–Kier alpha value is -2.49. The SMILES string of the molecule is C[C@@H](O[Si](c1ccccc1)(c1ccccc1)C(C)(C)C)[C@@H](C=O)Cc1ccccc1. The Morgan fingerprint density at radius 3 is 1.63 bits per heavy atom. The van der Waals surface area contributed by atoms with Crippen LogP contribution in [0.1, 0.15) is 33.3 Å². The van der Waals surface area contributed by atoms with E-state index in [-0.39, 0.29) is 17.1 Å². The van der Waals surface area contributed by atoms with Gasteiger partial charge in [-0.25, -0.2) is 0 Å². The van der Waals surface area contributed by atoms with Crippen LogP contribution in [0.15, 0.2) is 91.0 Å². The Morgan fingerprint density at radius 2 is 1.23 bits per heavy atom. The molecule has 0 aliphatic heterocycles. The summed E-state index contributed by atoms with van der Waals surface area (Å²) in [5.74, 6) is -0.200. The second kappa shape index (κ2) is 9.54. The summed E-state index contributed by atoms with van der Waals surface area (Å²) in [5.41, 5.74) is 1.16. The van der Waals surface area contributed by atoms with E-state index in [1.807, 2.05) is 30.3 Å². The second-order valence-electron chi connectivity index (χ2n) is 8.98. The maximum atomic E-state index is 12.1. The minimum absolute atomic E-state index is 0.107. The van der Waals surface area contributed by atoms with Crippen molar-refractivity contribution in [2.24, 2.45) is 5.92 Å². The predicted octanol–water partition coefficient (Wildman–Crippen LogP) is 5.01. The fourth-order valence-corrected chi connectivity index (χ4v) is 9.02. The van der Waals surface area contributed by atoms with Gasteiger partial charge in [-0.05, 0) is 34.3 Å². The molecule has 3 aromatic rings. The van der Waals surface area contributed by atoms with Crippen LogP contribution in [0.5, 0.6) is 0 Å². The minimum Gasteiger partial charge on any atom is -0.404 e. The molecule has 3 rings (SSSR count). The predicted molar refractivity (Wildman–Crippen MR) is 128 cm³/mol. The van der Waals surface area contributed by atoms with Gasteiger partial charge in [-0.2, -0.15) is 0 Å². The Balaban J connectivity index is 2.05. The number of hydrogen-bond donors (Lipinski definition) is 0. The number of benzene rings is 3. The fourth-order valence-electron chi connectivity index (χ4n) is 4.27. The highest BCUT2D eigenvalue weighted by molar-refractivity contribution is 6.99. The highest BCUT2D eigenvalue weighted by Crippen LogP contribution is 2.38. The van der Waals surface area contributed by atoms with Crippen LogP contribution in [-0.4, -0.2) is 20.7 Å². The first-order valence-electron chi connectivity index (χ1n) is 10.7. The molecule has 0 amide bonds. The largest absolute Gasteiger partial charge is 0.404 e. The van der Waals surface area contributed by atoms with Crippen LogP contribution in [0.4, 0.5) is 0 Å². The topological polar surface area (TPSA) is 26.3 Å². The van der Waals surface area contributed by atoms with Crippen LogP contribution in [0.3, 0.4) is 0 Å². The van der Waals surface area contributed by atoms with Crippen molar-refractivity contribution in [2.45, 2.75) is 45.3 Å². The molecule has 30 heavy (non-hydrogen) atoms. The van der Waals surface area contributed by atoms with Gasteiger partial charge in [-0.3, -0.25) is 0 Å². The van der Waals surface area contributed by atoms with Crippen molar-refractivity contribution in [2.75, 3.05) is 0 Å². The molecule has 0 aliphatic carbocycles. The van der Waals surface area contributed by atoms with Crippen LogP contribution in [0.2, 0.25) is 5.04 Å². The molecule has 2 nitrogen and oxygen atoms in total. The molecule has 0 heterocycles. The van der Waals surface area contributed by atoms with Gasteiger partial charge in [0.1, 0.15) is 6.29 Å². The lowest BCUT2D eigenvalue weighted by Gasteiger charge is -2.45. The highest BCUT2D eigenvalue weighted by atomic mass is 28.4. The summed E-state index contributed by atoms with van der Waals surface area (Å²) < 4.78 is 7.11. The number of carbonyl (C=O) groups excluding carboxylic acids is 1. The number of carbonyl (C=O) groups is 1. The van der Waals surface area contributed by atoms with Gasteiger partial charge in [-0.1, -0.05) is 112 Å². The van der Waals surface area contributed by atoms with Crippen LogP contribution in [0, 0.1) is 5.92 Å². The third-order valence-corrected chi connectivity index (χ3v) is 11.0. The third kappa shape index (κ3) is 4.63. The van der Waals surface area contributed by atoms with Gasteiger partial charge < -0.3 is 9.22 Å². The number of rotatable bonds is 8. The van der Waals surface area contributed by atoms with Crippen molar-refractivity contribution in [3.05, 3.63) is 96.6 Å².